The summed E-state index contributed by atoms with van der Waals surface area (Å²) in [7, 11) is 0. The molecule has 0 aromatic carbocycles. The fraction of sp³-hybridized carbons (Fsp3) is 0.667. The summed E-state index contributed by atoms with van der Waals surface area (Å²) in [4.78, 5) is 14.6. The zero-order valence-corrected chi connectivity index (χ0v) is 7.25. The van der Waals surface area contributed by atoms with Crippen molar-refractivity contribution in [2.24, 2.45) is 17.4 Å². The summed E-state index contributed by atoms with van der Waals surface area (Å²) in [6, 6.07) is -0.709. The van der Waals surface area contributed by atoms with Crippen LogP contribution in [-0.2, 0) is 9.63 Å². The first-order chi connectivity index (χ1) is 6.07. The summed E-state index contributed by atoms with van der Waals surface area (Å²) in [5.41, 5.74) is 10.4. The maximum atomic E-state index is 10.7. The van der Waals surface area contributed by atoms with Crippen LogP contribution < -0.4 is 22.7 Å². The predicted molar refractivity (Wildman–Crippen MR) is 47.4 cm³/mol. The van der Waals surface area contributed by atoms with E-state index in [1.807, 2.05) is 0 Å². The van der Waals surface area contributed by atoms with Crippen LogP contribution in [0.3, 0.4) is 0 Å². The Balaban J connectivity index is 3.42. The number of nitrogens with two attached hydrogens (primary N) is 3. The van der Waals surface area contributed by atoms with Gasteiger partial charge in [-0.05, 0) is 12.8 Å². The van der Waals surface area contributed by atoms with Crippen molar-refractivity contribution in [1.82, 2.24) is 5.32 Å². The number of carbonyl (C=O) groups excluding carboxylic acids is 1. The van der Waals surface area contributed by atoms with E-state index in [-0.39, 0.29) is 5.96 Å². The topological polar surface area (TPSA) is 140 Å². The number of hydrogen-bond donors (Lipinski definition) is 5. The lowest BCUT2D eigenvalue weighted by Gasteiger charge is -2.08. The molecule has 0 radical (unpaired) electrons. The lowest BCUT2D eigenvalue weighted by molar-refractivity contribution is -0.145. The van der Waals surface area contributed by atoms with Gasteiger partial charge in [-0.3, -0.25) is 5.41 Å². The van der Waals surface area contributed by atoms with E-state index in [9.17, 15) is 4.79 Å². The molecule has 1 unspecified atom stereocenters. The van der Waals surface area contributed by atoms with Gasteiger partial charge in [0.15, 0.2) is 5.96 Å². The summed E-state index contributed by atoms with van der Waals surface area (Å²) < 4.78 is 0. The van der Waals surface area contributed by atoms with E-state index in [1.54, 1.807) is 0 Å². The van der Waals surface area contributed by atoms with Crippen LogP contribution in [0.25, 0.3) is 0 Å². The van der Waals surface area contributed by atoms with Crippen molar-refractivity contribution in [2.45, 2.75) is 18.9 Å². The van der Waals surface area contributed by atoms with Crippen molar-refractivity contribution < 1.29 is 9.63 Å². The summed E-state index contributed by atoms with van der Waals surface area (Å²) in [6.45, 7) is 0.501. The second-order valence-electron chi connectivity index (χ2n) is 2.53. The minimum Gasteiger partial charge on any atom is -0.372 e. The Labute approximate surface area is 76.0 Å². The minimum atomic E-state index is -0.709. The molecule has 0 amide bonds. The van der Waals surface area contributed by atoms with Crippen molar-refractivity contribution in [1.29, 1.82) is 5.41 Å². The van der Waals surface area contributed by atoms with Crippen molar-refractivity contribution in [3.8, 4) is 0 Å². The molecule has 0 heterocycles. The Hall–Kier alpha value is -1.34. The molecule has 76 valence electrons. The molecule has 7 nitrogen and oxygen atoms in total. The highest BCUT2D eigenvalue weighted by molar-refractivity contribution is 5.75. The molecular formula is C6H15N5O2. The molecule has 0 rings (SSSR count). The monoisotopic (exact) mass is 189 g/mol. The molecule has 0 aliphatic rings. The highest BCUT2D eigenvalue weighted by Gasteiger charge is 2.12. The SMILES string of the molecule is N=C(N)NCCCC(N)C(=O)ON. The third-order valence-electron chi connectivity index (χ3n) is 1.43. The first-order valence-electron chi connectivity index (χ1n) is 3.82. The second-order valence-corrected chi connectivity index (χ2v) is 2.53. The van der Waals surface area contributed by atoms with Gasteiger partial charge < -0.3 is 21.6 Å². The van der Waals surface area contributed by atoms with Crippen molar-refractivity contribution in [2.75, 3.05) is 6.54 Å². The first kappa shape index (κ1) is 11.7. The maximum absolute atomic E-state index is 10.7. The van der Waals surface area contributed by atoms with Crippen molar-refractivity contribution in [3.05, 3.63) is 0 Å². The van der Waals surface area contributed by atoms with E-state index in [2.05, 4.69) is 16.1 Å². The zero-order valence-electron chi connectivity index (χ0n) is 7.25. The Bertz CT molecular complexity index is 184. The molecule has 13 heavy (non-hydrogen) atoms. The van der Waals surface area contributed by atoms with E-state index < -0.39 is 12.0 Å². The molecule has 0 aliphatic carbocycles. The number of carbonyl (C=O) groups is 1. The van der Waals surface area contributed by atoms with Gasteiger partial charge in [0.2, 0.25) is 0 Å². The van der Waals surface area contributed by atoms with Gasteiger partial charge >= 0.3 is 5.97 Å². The van der Waals surface area contributed by atoms with Crippen molar-refractivity contribution in [3.63, 3.8) is 0 Å². The Kier molecular flexibility index (Phi) is 5.57. The van der Waals surface area contributed by atoms with Crippen LogP contribution in [0.4, 0.5) is 0 Å². The first-order valence-corrected chi connectivity index (χ1v) is 3.82. The molecule has 0 aromatic rings. The lowest BCUT2D eigenvalue weighted by atomic mass is 10.2. The number of guanidine groups is 1. The quantitative estimate of drug-likeness (QED) is 0.146. The van der Waals surface area contributed by atoms with E-state index in [0.717, 1.165) is 0 Å². The number of nitrogens with one attached hydrogen (secondary N) is 2. The second kappa shape index (κ2) is 6.21. The Morgan fingerprint density at radius 1 is 1.62 bits per heavy atom. The van der Waals surface area contributed by atoms with Gasteiger partial charge in [-0.1, -0.05) is 0 Å². The van der Waals surface area contributed by atoms with Crippen LogP contribution in [0.2, 0.25) is 0 Å². The average molecular weight is 189 g/mol. The standard InChI is InChI=1S/C6H15N5O2/c7-4(5(12)13-10)2-1-3-11-6(8)9/h4H,1-3,7,10H2,(H4,8,9,11). The van der Waals surface area contributed by atoms with Gasteiger partial charge in [0, 0.05) is 6.54 Å². The number of hydrogen-bond acceptors (Lipinski definition) is 5. The third kappa shape index (κ3) is 5.88. The fourth-order valence-corrected chi connectivity index (χ4v) is 0.750. The molecule has 7 heteroatoms. The van der Waals surface area contributed by atoms with Crippen LogP contribution in [0, 0.1) is 5.41 Å². The Morgan fingerprint density at radius 2 is 2.23 bits per heavy atom. The molecule has 0 aliphatic heterocycles. The average Bonchev–Trinajstić information content (AvgIpc) is 2.10. The van der Waals surface area contributed by atoms with Gasteiger partial charge in [-0.2, -0.15) is 5.90 Å². The van der Waals surface area contributed by atoms with Gasteiger partial charge in [0.05, 0.1) is 0 Å². The zero-order chi connectivity index (χ0) is 10.3. The van der Waals surface area contributed by atoms with Gasteiger partial charge in [-0.25, -0.2) is 4.79 Å². The van der Waals surface area contributed by atoms with E-state index in [1.165, 1.54) is 0 Å². The summed E-state index contributed by atoms with van der Waals surface area (Å²) >= 11 is 0. The van der Waals surface area contributed by atoms with Crippen molar-refractivity contribution >= 4 is 11.9 Å². The van der Waals surface area contributed by atoms with Crippen LogP contribution in [0.5, 0.6) is 0 Å². The van der Waals surface area contributed by atoms with E-state index >= 15 is 0 Å². The van der Waals surface area contributed by atoms with Gasteiger partial charge in [-0.15, -0.1) is 0 Å². The molecule has 0 spiro atoms. The Morgan fingerprint density at radius 3 is 2.69 bits per heavy atom. The summed E-state index contributed by atoms with van der Waals surface area (Å²) in [5.74, 6) is 3.89. The molecule has 0 aromatic heterocycles. The largest absolute Gasteiger partial charge is 0.372 e. The lowest BCUT2D eigenvalue weighted by Crippen LogP contribution is -2.36. The molecule has 0 bridgehead atoms. The predicted octanol–water partition coefficient (Wildman–Crippen LogP) is -2.01. The number of rotatable bonds is 5. The van der Waals surface area contributed by atoms with Crippen LogP contribution in [0.1, 0.15) is 12.8 Å². The molecular weight excluding hydrogens is 174 g/mol. The van der Waals surface area contributed by atoms with E-state index in [0.29, 0.717) is 19.4 Å². The third-order valence-corrected chi connectivity index (χ3v) is 1.43. The van der Waals surface area contributed by atoms with E-state index in [4.69, 9.17) is 16.9 Å². The van der Waals surface area contributed by atoms with Crippen LogP contribution in [0.15, 0.2) is 0 Å². The molecule has 0 saturated carbocycles. The van der Waals surface area contributed by atoms with Gasteiger partial charge in [0.25, 0.3) is 0 Å². The highest BCUT2D eigenvalue weighted by atomic mass is 16.7. The molecule has 1 atom stereocenters. The fourth-order valence-electron chi connectivity index (χ4n) is 0.750. The normalized spacial score (nSPS) is 11.8. The molecule has 0 fully saturated rings. The maximum Gasteiger partial charge on any atom is 0.341 e. The summed E-state index contributed by atoms with van der Waals surface area (Å²) in [5, 5.41) is 9.40. The van der Waals surface area contributed by atoms with Gasteiger partial charge in [0.1, 0.15) is 6.04 Å². The van der Waals surface area contributed by atoms with Crippen LogP contribution >= 0.6 is 0 Å². The minimum absolute atomic E-state index is 0.102. The van der Waals surface area contributed by atoms with Crippen LogP contribution in [-0.4, -0.2) is 24.5 Å². The molecule has 0 saturated heterocycles. The summed E-state index contributed by atoms with van der Waals surface area (Å²) in [6.07, 6.45) is 1.06. The highest BCUT2D eigenvalue weighted by Crippen LogP contribution is 1.94. The smallest absolute Gasteiger partial charge is 0.341 e. The molecule has 8 N–H and O–H groups in total.